The Morgan fingerprint density at radius 1 is 0.773 bits per heavy atom. The molecule has 0 bridgehead atoms. The molecule has 1 fully saturated rings. The van der Waals surface area contributed by atoms with E-state index in [4.69, 9.17) is 0 Å². The van der Waals surface area contributed by atoms with Crippen molar-refractivity contribution in [3.05, 3.63) is 65.2 Å². The second-order valence-corrected chi connectivity index (χ2v) is 6.63. The summed E-state index contributed by atoms with van der Waals surface area (Å²) in [6, 6.07) is 17.1. The summed E-state index contributed by atoms with van der Waals surface area (Å²) in [6.07, 6.45) is 7.47. The fraction of sp³-hybridized carbons (Fsp3) is 0.429. The summed E-state index contributed by atoms with van der Waals surface area (Å²) in [6.45, 7) is 2.23. The van der Waals surface area contributed by atoms with Crippen LogP contribution in [0.5, 0.6) is 5.75 Å². The van der Waals surface area contributed by atoms with E-state index in [0.717, 1.165) is 5.92 Å². The molecule has 1 nitrogen and oxygen atoms in total. The lowest BCUT2D eigenvalue weighted by Crippen LogP contribution is -2.12. The van der Waals surface area contributed by atoms with Crippen molar-refractivity contribution in [2.75, 3.05) is 0 Å². The van der Waals surface area contributed by atoms with E-state index < -0.39 is 0 Å². The van der Waals surface area contributed by atoms with E-state index in [0.29, 0.717) is 11.7 Å². The summed E-state index contributed by atoms with van der Waals surface area (Å²) in [5.74, 6) is 1.75. The van der Waals surface area contributed by atoms with Crippen molar-refractivity contribution >= 4 is 0 Å². The average molecular weight is 294 g/mol. The lowest BCUT2D eigenvalue weighted by Gasteiger charge is -2.29. The highest BCUT2D eigenvalue weighted by atomic mass is 16.3. The van der Waals surface area contributed by atoms with Crippen molar-refractivity contribution in [2.24, 2.45) is 0 Å². The van der Waals surface area contributed by atoms with Gasteiger partial charge in [0.2, 0.25) is 0 Å². The minimum atomic E-state index is 0.365. The van der Waals surface area contributed by atoms with Crippen molar-refractivity contribution in [2.45, 2.75) is 57.3 Å². The number of hydrogen-bond acceptors (Lipinski definition) is 1. The average Bonchev–Trinajstić information content (AvgIpc) is 2.57. The molecule has 2 aromatic carbocycles. The Morgan fingerprint density at radius 2 is 1.23 bits per heavy atom. The molecule has 22 heavy (non-hydrogen) atoms. The van der Waals surface area contributed by atoms with E-state index in [-0.39, 0.29) is 0 Å². The number of aromatic hydroxyl groups is 1. The molecule has 0 radical (unpaired) electrons. The quantitative estimate of drug-likeness (QED) is 0.757. The van der Waals surface area contributed by atoms with E-state index in [9.17, 15) is 5.11 Å². The molecule has 1 N–H and O–H groups in total. The fourth-order valence-corrected chi connectivity index (χ4v) is 3.75. The van der Waals surface area contributed by atoms with Crippen LogP contribution in [0.25, 0.3) is 0 Å². The van der Waals surface area contributed by atoms with Gasteiger partial charge in [-0.15, -0.1) is 0 Å². The van der Waals surface area contributed by atoms with Crippen LogP contribution < -0.4 is 0 Å². The van der Waals surface area contributed by atoms with Gasteiger partial charge in [-0.25, -0.2) is 0 Å². The Labute approximate surface area is 134 Å². The molecule has 1 saturated carbocycles. The summed E-state index contributed by atoms with van der Waals surface area (Å²) >= 11 is 0. The van der Waals surface area contributed by atoms with Crippen LogP contribution in [0.4, 0.5) is 0 Å². The number of aryl methyl sites for hydroxylation is 1. The molecule has 0 aromatic heterocycles. The second-order valence-electron chi connectivity index (χ2n) is 6.63. The first kappa shape index (κ1) is 15.1. The predicted molar refractivity (Wildman–Crippen MR) is 92.5 cm³/mol. The maximum atomic E-state index is 9.41. The topological polar surface area (TPSA) is 20.2 Å². The molecular formula is C21H26O. The first-order chi connectivity index (χ1) is 10.8. The highest BCUT2D eigenvalue weighted by molar-refractivity contribution is 5.30. The maximum absolute atomic E-state index is 9.41. The molecule has 116 valence electrons. The number of phenols is 1. The Bertz CT molecular complexity index is 574. The lowest BCUT2D eigenvalue weighted by atomic mass is 9.76. The van der Waals surface area contributed by atoms with Crippen molar-refractivity contribution in [1.29, 1.82) is 0 Å². The zero-order valence-electron chi connectivity index (χ0n) is 13.5. The standard InChI is InChI=1S/C21H26O/c1-2-3-16-4-6-17(7-5-16)18-8-10-19(11-9-18)20-12-14-21(22)15-13-20/h4-7,12-15,18-19,22H,2-3,8-11H2,1H3. The third kappa shape index (κ3) is 3.52. The molecule has 0 heterocycles. The van der Waals surface area contributed by atoms with Crippen LogP contribution in [0.3, 0.4) is 0 Å². The smallest absolute Gasteiger partial charge is 0.115 e. The minimum absolute atomic E-state index is 0.365. The SMILES string of the molecule is CCCc1ccc(C2CCC(c3ccc(O)cc3)CC2)cc1. The Kier molecular flexibility index (Phi) is 4.82. The first-order valence-corrected chi connectivity index (χ1v) is 8.64. The molecule has 0 spiro atoms. The largest absolute Gasteiger partial charge is 0.508 e. The van der Waals surface area contributed by atoms with Crippen molar-refractivity contribution in [1.82, 2.24) is 0 Å². The third-order valence-electron chi connectivity index (χ3n) is 5.08. The van der Waals surface area contributed by atoms with Crippen LogP contribution >= 0.6 is 0 Å². The summed E-state index contributed by atoms with van der Waals surface area (Å²) in [4.78, 5) is 0. The monoisotopic (exact) mass is 294 g/mol. The van der Waals surface area contributed by atoms with Gasteiger partial charge in [-0.2, -0.15) is 0 Å². The number of rotatable bonds is 4. The van der Waals surface area contributed by atoms with Crippen molar-refractivity contribution in [3.8, 4) is 5.75 Å². The highest BCUT2D eigenvalue weighted by Crippen LogP contribution is 2.40. The van der Waals surface area contributed by atoms with Gasteiger partial charge in [-0.05, 0) is 72.8 Å². The molecule has 1 heteroatoms. The molecule has 0 amide bonds. The Morgan fingerprint density at radius 3 is 1.68 bits per heavy atom. The van der Waals surface area contributed by atoms with E-state index in [2.05, 4.69) is 43.3 Å². The van der Waals surface area contributed by atoms with Crippen molar-refractivity contribution < 1.29 is 5.11 Å². The van der Waals surface area contributed by atoms with Gasteiger partial charge in [-0.3, -0.25) is 0 Å². The van der Waals surface area contributed by atoms with Crippen LogP contribution in [0.2, 0.25) is 0 Å². The van der Waals surface area contributed by atoms with Gasteiger partial charge in [0, 0.05) is 0 Å². The number of phenolic OH excluding ortho intramolecular Hbond substituents is 1. The number of benzene rings is 2. The summed E-state index contributed by atoms with van der Waals surface area (Å²) in [7, 11) is 0. The summed E-state index contributed by atoms with van der Waals surface area (Å²) in [5, 5.41) is 9.41. The highest BCUT2D eigenvalue weighted by Gasteiger charge is 2.23. The maximum Gasteiger partial charge on any atom is 0.115 e. The molecule has 0 unspecified atom stereocenters. The fourth-order valence-electron chi connectivity index (χ4n) is 3.75. The van der Waals surface area contributed by atoms with Gasteiger partial charge < -0.3 is 5.11 Å². The molecule has 1 aliphatic carbocycles. The molecule has 1 aliphatic rings. The zero-order chi connectivity index (χ0) is 15.4. The Balaban J connectivity index is 1.60. The van der Waals surface area contributed by atoms with Crippen LogP contribution in [-0.2, 0) is 6.42 Å². The molecular weight excluding hydrogens is 268 g/mol. The third-order valence-corrected chi connectivity index (χ3v) is 5.08. The van der Waals surface area contributed by atoms with Gasteiger partial charge in [0.25, 0.3) is 0 Å². The summed E-state index contributed by atoms with van der Waals surface area (Å²) < 4.78 is 0. The zero-order valence-corrected chi connectivity index (χ0v) is 13.5. The summed E-state index contributed by atoms with van der Waals surface area (Å²) in [5.41, 5.74) is 4.36. The molecule has 0 atom stereocenters. The van der Waals surface area contributed by atoms with Crippen LogP contribution in [0, 0.1) is 0 Å². The van der Waals surface area contributed by atoms with Gasteiger partial charge in [0.1, 0.15) is 5.75 Å². The predicted octanol–water partition coefficient (Wildman–Crippen LogP) is 5.79. The minimum Gasteiger partial charge on any atom is -0.508 e. The van der Waals surface area contributed by atoms with Gasteiger partial charge in [-0.1, -0.05) is 49.7 Å². The van der Waals surface area contributed by atoms with Crippen molar-refractivity contribution in [3.63, 3.8) is 0 Å². The Hall–Kier alpha value is -1.76. The van der Waals surface area contributed by atoms with Gasteiger partial charge in [0.05, 0.1) is 0 Å². The lowest BCUT2D eigenvalue weighted by molar-refractivity contribution is 0.396. The van der Waals surface area contributed by atoms with E-state index in [1.165, 1.54) is 55.2 Å². The second kappa shape index (κ2) is 7.00. The van der Waals surface area contributed by atoms with Crippen LogP contribution in [-0.4, -0.2) is 5.11 Å². The molecule has 0 saturated heterocycles. The molecule has 2 aromatic rings. The number of hydrogen-bond donors (Lipinski definition) is 1. The molecule has 0 aliphatic heterocycles. The van der Waals surface area contributed by atoms with E-state index >= 15 is 0 Å². The first-order valence-electron chi connectivity index (χ1n) is 8.64. The van der Waals surface area contributed by atoms with Gasteiger partial charge in [0.15, 0.2) is 0 Å². The normalized spacial score (nSPS) is 21.7. The van der Waals surface area contributed by atoms with Crippen LogP contribution in [0.1, 0.15) is 67.6 Å². The van der Waals surface area contributed by atoms with Gasteiger partial charge >= 0.3 is 0 Å². The van der Waals surface area contributed by atoms with E-state index in [1.807, 2.05) is 12.1 Å². The van der Waals surface area contributed by atoms with E-state index in [1.54, 1.807) is 0 Å². The van der Waals surface area contributed by atoms with Crippen LogP contribution in [0.15, 0.2) is 48.5 Å². The molecule has 3 rings (SSSR count).